The molecule has 16 heavy (non-hydrogen) atoms. The average Bonchev–Trinajstić information content (AvgIpc) is 2.43. The van der Waals surface area contributed by atoms with E-state index in [0.717, 1.165) is 15.7 Å². The van der Waals surface area contributed by atoms with Crippen molar-refractivity contribution in [3.63, 3.8) is 0 Å². The highest BCUT2D eigenvalue weighted by Crippen LogP contribution is 2.45. The van der Waals surface area contributed by atoms with E-state index in [2.05, 4.69) is 15.9 Å². The Morgan fingerprint density at radius 3 is 2.62 bits per heavy atom. The second kappa shape index (κ2) is 3.42. The molecular weight excluding hydrogens is 270 g/mol. The Morgan fingerprint density at radius 2 is 2.06 bits per heavy atom. The average molecular weight is 282 g/mol. The van der Waals surface area contributed by atoms with Crippen LogP contribution in [0.3, 0.4) is 0 Å². The van der Waals surface area contributed by atoms with Gasteiger partial charge in [-0.3, -0.25) is 9.59 Å². The lowest BCUT2D eigenvalue weighted by Gasteiger charge is -2.19. The summed E-state index contributed by atoms with van der Waals surface area (Å²) in [7, 11) is 1.69. The number of likely N-dealkylation sites (N-methyl/N-ethyl adjacent to an activating group) is 1. The van der Waals surface area contributed by atoms with Gasteiger partial charge in [-0.25, -0.2) is 0 Å². The molecule has 1 amide bonds. The van der Waals surface area contributed by atoms with Crippen molar-refractivity contribution >= 4 is 33.3 Å². The van der Waals surface area contributed by atoms with Gasteiger partial charge in [0.25, 0.3) is 0 Å². The molecule has 1 heterocycles. The molecule has 1 aliphatic rings. The maximum Gasteiger partial charge on any atom is 0.244 e. The number of hydrogen-bond acceptors (Lipinski definition) is 2. The minimum absolute atomic E-state index is 0.124. The monoisotopic (exact) mass is 281 g/mol. The zero-order valence-electron chi connectivity index (χ0n) is 9.37. The van der Waals surface area contributed by atoms with Gasteiger partial charge < -0.3 is 4.90 Å². The van der Waals surface area contributed by atoms with Crippen molar-refractivity contribution in [3.8, 4) is 0 Å². The Kier molecular flexibility index (Phi) is 2.42. The number of hydrogen-bond donors (Lipinski definition) is 0. The standard InChI is InChI=1S/C12H12BrNO2/c1-7(15)12(2)8-5-4-6-9(13)10(8)14(3)11(12)16/h4-6H,1-3H3. The molecule has 0 spiro atoms. The number of ketones is 1. The first-order valence-corrected chi connectivity index (χ1v) is 5.78. The summed E-state index contributed by atoms with van der Waals surface area (Å²) in [5, 5.41) is 0. The van der Waals surface area contributed by atoms with E-state index < -0.39 is 5.41 Å². The van der Waals surface area contributed by atoms with Crippen molar-refractivity contribution in [2.75, 3.05) is 11.9 Å². The van der Waals surface area contributed by atoms with Crippen molar-refractivity contribution < 1.29 is 9.59 Å². The van der Waals surface area contributed by atoms with Crippen LogP contribution in [-0.4, -0.2) is 18.7 Å². The van der Waals surface area contributed by atoms with E-state index >= 15 is 0 Å². The quantitative estimate of drug-likeness (QED) is 0.741. The fourth-order valence-electron chi connectivity index (χ4n) is 2.15. The number of fused-ring (bicyclic) bond motifs is 1. The van der Waals surface area contributed by atoms with Gasteiger partial charge in [-0.1, -0.05) is 12.1 Å². The lowest BCUT2D eigenvalue weighted by molar-refractivity contribution is -0.132. The number of anilines is 1. The molecule has 3 nitrogen and oxygen atoms in total. The van der Waals surface area contributed by atoms with Crippen LogP contribution in [0.25, 0.3) is 0 Å². The Morgan fingerprint density at radius 1 is 1.44 bits per heavy atom. The normalized spacial score (nSPS) is 23.5. The SMILES string of the molecule is CC(=O)C1(C)C(=O)N(C)c2c(Br)cccc21. The summed E-state index contributed by atoms with van der Waals surface area (Å²) in [5.74, 6) is -0.289. The van der Waals surface area contributed by atoms with Gasteiger partial charge in [0.05, 0.1) is 5.69 Å². The molecule has 1 aromatic rings. The number of Topliss-reactive ketones (excluding diaryl/α,β-unsaturated/α-hetero) is 1. The van der Waals surface area contributed by atoms with Crippen molar-refractivity contribution in [1.82, 2.24) is 0 Å². The van der Waals surface area contributed by atoms with E-state index in [-0.39, 0.29) is 11.7 Å². The second-order valence-electron chi connectivity index (χ2n) is 4.18. The van der Waals surface area contributed by atoms with Gasteiger partial charge in [0.15, 0.2) is 0 Å². The molecule has 2 rings (SSSR count). The van der Waals surface area contributed by atoms with Gasteiger partial charge >= 0.3 is 0 Å². The van der Waals surface area contributed by atoms with Crippen molar-refractivity contribution in [1.29, 1.82) is 0 Å². The highest BCUT2D eigenvalue weighted by molar-refractivity contribution is 9.10. The van der Waals surface area contributed by atoms with Crippen LogP contribution >= 0.6 is 15.9 Å². The number of amides is 1. The number of para-hydroxylation sites is 1. The summed E-state index contributed by atoms with van der Waals surface area (Å²) in [6.07, 6.45) is 0. The van der Waals surface area contributed by atoms with Crippen LogP contribution in [0.4, 0.5) is 5.69 Å². The lowest BCUT2D eigenvalue weighted by atomic mass is 9.80. The molecule has 0 aromatic heterocycles. The predicted molar refractivity (Wildman–Crippen MR) is 65.6 cm³/mol. The topological polar surface area (TPSA) is 37.4 Å². The summed E-state index contributed by atoms with van der Waals surface area (Å²) < 4.78 is 0.839. The Hall–Kier alpha value is -1.16. The van der Waals surface area contributed by atoms with Crippen molar-refractivity contribution in [2.45, 2.75) is 19.3 Å². The number of nitrogens with zero attached hydrogens (tertiary/aromatic N) is 1. The minimum Gasteiger partial charge on any atom is -0.313 e. The van der Waals surface area contributed by atoms with Crippen LogP contribution in [0, 0.1) is 0 Å². The van der Waals surface area contributed by atoms with Crippen LogP contribution < -0.4 is 4.90 Å². The Bertz CT molecular complexity index is 498. The summed E-state index contributed by atoms with van der Waals surface area (Å²) >= 11 is 3.41. The summed E-state index contributed by atoms with van der Waals surface area (Å²) in [5.41, 5.74) is 0.542. The third kappa shape index (κ3) is 1.19. The minimum atomic E-state index is -1.03. The zero-order valence-corrected chi connectivity index (χ0v) is 11.0. The number of carbonyl (C=O) groups is 2. The first-order chi connectivity index (χ1) is 7.40. The Balaban J connectivity index is 2.78. The van der Waals surface area contributed by atoms with Gasteiger partial charge in [-0.2, -0.15) is 0 Å². The van der Waals surface area contributed by atoms with Gasteiger partial charge in [0, 0.05) is 11.5 Å². The van der Waals surface area contributed by atoms with Crippen LogP contribution in [0.2, 0.25) is 0 Å². The predicted octanol–water partition coefficient (Wildman–Crippen LogP) is 2.27. The highest BCUT2D eigenvalue weighted by Gasteiger charge is 2.50. The fourth-order valence-corrected chi connectivity index (χ4v) is 2.78. The molecular formula is C12H12BrNO2. The summed E-state index contributed by atoms with van der Waals surface area (Å²) in [6, 6.07) is 5.55. The maximum atomic E-state index is 12.2. The van der Waals surface area contributed by atoms with Crippen LogP contribution in [0.5, 0.6) is 0 Å². The van der Waals surface area contributed by atoms with E-state index in [0.29, 0.717) is 0 Å². The molecule has 0 fully saturated rings. The zero-order chi connectivity index (χ0) is 12.1. The highest BCUT2D eigenvalue weighted by atomic mass is 79.9. The van der Waals surface area contributed by atoms with E-state index in [1.54, 1.807) is 18.9 Å². The van der Waals surface area contributed by atoms with E-state index in [1.807, 2.05) is 18.2 Å². The smallest absolute Gasteiger partial charge is 0.244 e. The molecule has 1 unspecified atom stereocenters. The molecule has 4 heteroatoms. The molecule has 1 atom stereocenters. The van der Waals surface area contributed by atoms with Crippen molar-refractivity contribution in [3.05, 3.63) is 28.2 Å². The molecule has 0 saturated carbocycles. The van der Waals surface area contributed by atoms with E-state index in [9.17, 15) is 9.59 Å². The van der Waals surface area contributed by atoms with E-state index in [4.69, 9.17) is 0 Å². The molecule has 0 radical (unpaired) electrons. The lowest BCUT2D eigenvalue weighted by Crippen LogP contribution is -2.41. The third-order valence-corrected chi connectivity index (χ3v) is 3.94. The maximum absolute atomic E-state index is 12.2. The molecule has 0 saturated heterocycles. The summed E-state index contributed by atoms with van der Waals surface area (Å²) in [6.45, 7) is 3.15. The first-order valence-electron chi connectivity index (χ1n) is 4.99. The number of rotatable bonds is 1. The van der Waals surface area contributed by atoms with Gasteiger partial charge in [0.1, 0.15) is 11.2 Å². The molecule has 1 aliphatic heterocycles. The first kappa shape index (κ1) is 11.3. The molecule has 84 valence electrons. The van der Waals surface area contributed by atoms with Crippen LogP contribution in [0.15, 0.2) is 22.7 Å². The molecule has 0 N–H and O–H groups in total. The van der Waals surface area contributed by atoms with Gasteiger partial charge in [0.2, 0.25) is 5.91 Å². The molecule has 0 aliphatic carbocycles. The number of carbonyl (C=O) groups excluding carboxylic acids is 2. The molecule has 0 bridgehead atoms. The summed E-state index contributed by atoms with van der Waals surface area (Å²) in [4.78, 5) is 25.4. The van der Waals surface area contributed by atoms with Crippen molar-refractivity contribution in [2.24, 2.45) is 0 Å². The second-order valence-corrected chi connectivity index (χ2v) is 5.04. The number of benzene rings is 1. The van der Waals surface area contributed by atoms with Crippen LogP contribution in [0.1, 0.15) is 19.4 Å². The van der Waals surface area contributed by atoms with E-state index in [1.165, 1.54) is 6.92 Å². The largest absolute Gasteiger partial charge is 0.313 e. The van der Waals surface area contributed by atoms with Gasteiger partial charge in [-0.05, 0) is 41.4 Å². The van der Waals surface area contributed by atoms with Crippen LogP contribution in [-0.2, 0) is 15.0 Å². The Labute approximate surface area is 103 Å². The fraction of sp³-hybridized carbons (Fsp3) is 0.333. The third-order valence-electron chi connectivity index (χ3n) is 3.30. The van der Waals surface area contributed by atoms with Gasteiger partial charge in [-0.15, -0.1) is 0 Å². The number of halogens is 1. The molecule has 1 aromatic carbocycles.